The third-order valence-corrected chi connectivity index (χ3v) is 3.72. The van der Waals surface area contributed by atoms with Gasteiger partial charge in [0.15, 0.2) is 5.78 Å². The van der Waals surface area contributed by atoms with Gasteiger partial charge in [-0.15, -0.1) is 0 Å². The lowest BCUT2D eigenvalue weighted by atomic mass is 9.96. The summed E-state index contributed by atoms with van der Waals surface area (Å²) in [5.74, 6) is -1.01. The molecule has 1 heterocycles. The molecule has 1 saturated heterocycles. The number of carboxylic acids is 1. The van der Waals surface area contributed by atoms with Gasteiger partial charge in [-0.3, -0.25) is 9.59 Å². The lowest BCUT2D eigenvalue weighted by Crippen LogP contribution is -2.36. The minimum atomic E-state index is -0.727. The van der Waals surface area contributed by atoms with Crippen LogP contribution in [0.15, 0.2) is 18.2 Å². The van der Waals surface area contributed by atoms with Gasteiger partial charge in [-0.25, -0.2) is 0 Å². The zero-order chi connectivity index (χ0) is 14.0. The highest BCUT2D eigenvalue weighted by Gasteiger charge is 2.24. The summed E-state index contributed by atoms with van der Waals surface area (Å²) in [6, 6.07) is 5.28. The largest absolute Gasteiger partial charge is 0.481 e. The number of rotatable bonds is 3. The number of carbonyl (C=O) groups excluding carboxylic acids is 1. The fraction of sp³-hybridized carbons (Fsp3) is 0.429. The summed E-state index contributed by atoms with van der Waals surface area (Å²) in [6.45, 7) is 2.86. The molecule has 0 atom stereocenters. The zero-order valence-electron chi connectivity index (χ0n) is 10.7. The number of ketones is 1. The fourth-order valence-electron chi connectivity index (χ4n) is 2.34. The highest BCUT2D eigenvalue weighted by molar-refractivity contribution is 6.31. The summed E-state index contributed by atoms with van der Waals surface area (Å²) in [6.07, 6.45) is 1.24. The van der Waals surface area contributed by atoms with Crippen LogP contribution >= 0.6 is 11.6 Å². The summed E-state index contributed by atoms with van der Waals surface area (Å²) in [7, 11) is 0. The summed E-state index contributed by atoms with van der Waals surface area (Å²) < 4.78 is 0. The summed E-state index contributed by atoms with van der Waals surface area (Å²) >= 11 is 6.02. The van der Waals surface area contributed by atoms with Crippen molar-refractivity contribution in [3.8, 4) is 0 Å². The van der Waals surface area contributed by atoms with Crippen LogP contribution in [0.4, 0.5) is 5.69 Å². The van der Waals surface area contributed by atoms with Crippen molar-refractivity contribution in [1.29, 1.82) is 0 Å². The average molecular weight is 282 g/mol. The number of piperidine rings is 1. The molecule has 0 aromatic heterocycles. The van der Waals surface area contributed by atoms with Gasteiger partial charge in [0.2, 0.25) is 0 Å². The Morgan fingerprint density at radius 2 is 1.89 bits per heavy atom. The predicted octanol–water partition coefficient (Wildman–Crippen LogP) is 2.84. The van der Waals surface area contributed by atoms with Crippen LogP contribution in [0.1, 0.15) is 30.1 Å². The maximum absolute atomic E-state index is 11.4. The Bertz CT molecular complexity index is 507. The van der Waals surface area contributed by atoms with Crippen LogP contribution in [0, 0.1) is 5.92 Å². The first-order chi connectivity index (χ1) is 8.97. The first-order valence-corrected chi connectivity index (χ1v) is 6.64. The van der Waals surface area contributed by atoms with E-state index >= 15 is 0 Å². The Hall–Kier alpha value is -1.55. The molecule has 1 aromatic carbocycles. The van der Waals surface area contributed by atoms with Gasteiger partial charge in [0.05, 0.1) is 5.92 Å². The van der Waals surface area contributed by atoms with Gasteiger partial charge >= 0.3 is 5.97 Å². The Kier molecular flexibility index (Phi) is 4.10. The number of hydrogen-bond acceptors (Lipinski definition) is 3. The van der Waals surface area contributed by atoms with E-state index in [4.69, 9.17) is 16.7 Å². The second-order valence-corrected chi connectivity index (χ2v) is 5.29. The van der Waals surface area contributed by atoms with Crippen molar-refractivity contribution in [1.82, 2.24) is 0 Å². The second kappa shape index (κ2) is 5.61. The molecule has 1 aliphatic rings. The van der Waals surface area contributed by atoms with Crippen LogP contribution < -0.4 is 4.90 Å². The highest BCUT2D eigenvalue weighted by atomic mass is 35.5. The zero-order valence-corrected chi connectivity index (χ0v) is 11.5. The third-order valence-electron chi connectivity index (χ3n) is 3.50. The van der Waals surface area contributed by atoms with E-state index in [2.05, 4.69) is 4.90 Å². The van der Waals surface area contributed by atoms with Crippen molar-refractivity contribution in [3.05, 3.63) is 28.8 Å². The van der Waals surface area contributed by atoms with Crippen molar-refractivity contribution < 1.29 is 14.7 Å². The Balaban J connectivity index is 2.15. The molecule has 1 fully saturated rings. The highest BCUT2D eigenvalue weighted by Crippen LogP contribution is 2.27. The third kappa shape index (κ3) is 3.26. The number of anilines is 1. The normalized spacial score (nSPS) is 16.4. The summed E-state index contributed by atoms with van der Waals surface area (Å²) in [5, 5.41) is 9.50. The van der Waals surface area contributed by atoms with E-state index in [1.54, 1.807) is 6.07 Å². The topological polar surface area (TPSA) is 57.6 Å². The van der Waals surface area contributed by atoms with E-state index in [0.29, 0.717) is 36.5 Å². The minimum absolute atomic E-state index is 0.0239. The molecule has 0 bridgehead atoms. The van der Waals surface area contributed by atoms with Crippen molar-refractivity contribution in [3.63, 3.8) is 0 Å². The number of benzene rings is 1. The average Bonchev–Trinajstić information content (AvgIpc) is 2.38. The van der Waals surface area contributed by atoms with Crippen molar-refractivity contribution in [2.45, 2.75) is 19.8 Å². The number of carboxylic acid groups (broad SMARTS) is 1. The molecule has 102 valence electrons. The lowest BCUT2D eigenvalue weighted by molar-refractivity contribution is -0.142. The number of hydrogen-bond donors (Lipinski definition) is 1. The molecule has 0 amide bonds. The predicted molar refractivity (Wildman–Crippen MR) is 74.0 cm³/mol. The van der Waals surface area contributed by atoms with Gasteiger partial charge in [0.25, 0.3) is 0 Å². The molecule has 1 aliphatic heterocycles. The second-order valence-electron chi connectivity index (χ2n) is 4.85. The van der Waals surface area contributed by atoms with Crippen molar-refractivity contribution in [2.75, 3.05) is 18.0 Å². The van der Waals surface area contributed by atoms with Crippen LogP contribution in [0.2, 0.25) is 5.02 Å². The van der Waals surface area contributed by atoms with Gasteiger partial charge in [0.1, 0.15) is 0 Å². The van der Waals surface area contributed by atoms with Gasteiger partial charge in [-0.2, -0.15) is 0 Å². The molecule has 4 nitrogen and oxygen atoms in total. The van der Waals surface area contributed by atoms with Crippen molar-refractivity contribution in [2.24, 2.45) is 5.92 Å². The smallest absolute Gasteiger partial charge is 0.306 e. The summed E-state index contributed by atoms with van der Waals surface area (Å²) in [4.78, 5) is 24.4. The van der Waals surface area contributed by atoms with E-state index < -0.39 is 5.97 Å². The monoisotopic (exact) mass is 281 g/mol. The van der Waals surface area contributed by atoms with E-state index in [-0.39, 0.29) is 11.7 Å². The number of halogens is 1. The fourth-order valence-corrected chi connectivity index (χ4v) is 2.57. The van der Waals surface area contributed by atoms with E-state index in [0.717, 1.165) is 5.69 Å². The number of carbonyl (C=O) groups is 2. The SMILES string of the molecule is CC(=O)c1cc(Cl)cc(N2CCC(C(=O)O)CC2)c1. The first-order valence-electron chi connectivity index (χ1n) is 6.26. The first kappa shape index (κ1) is 13.9. The number of nitrogens with zero attached hydrogens (tertiary/aromatic N) is 1. The van der Waals surface area contributed by atoms with Crippen molar-refractivity contribution >= 4 is 29.0 Å². The molecule has 0 spiro atoms. The van der Waals surface area contributed by atoms with E-state index in [1.807, 2.05) is 12.1 Å². The molecule has 0 saturated carbocycles. The standard InChI is InChI=1S/C14H16ClNO3/c1-9(17)11-6-12(15)8-13(7-11)16-4-2-10(3-5-16)14(18)19/h6-8,10H,2-5H2,1H3,(H,18,19). The number of Topliss-reactive ketones (excluding diaryl/α,β-unsaturated/α-hetero) is 1. The van der Waals surface area contributed by atoms with Gasteiger partial charge in [-0.05, 0) is 38.0 Å². The molecule has 1 aromatic rings. The van der Waals surface area contributed by atoms with Gasteiger partial charge < -0.3 is 10.0 Å². The minimum Gasteiger partial charge on any atom is -0.481 e. The van der Waals surface area contributed by atoms with Crippen LogP contribution in [0.3, 0.4) is 0 Å². The lowest BCUT2D eigenvalue weighted by Gasteiger charge is -2.32. The van der Waals surface area contributed by atoms with E-state index in [9.17, 15) is 9.59 Å². The molecule has 0 unspecified atom stereocenters. The molecule has 2 rings (SSSR count). The molecule has 1 N–H and O–H groups in total. The molecule has 0 radical (unpaired) electrons. The molecular weight excluding hydrogens is 266 g/mol. The molecule has 0 aliphatic carbocycles. The number of aliphatic carboxylic acids is 1. The Morgan fingerprint density at radius 1 is 1.26 bits per heavy atom. The molecule has 5 heteroatoms. The van der Waals surface area contributed by atoms with Crippen LogP contribution in [-0.4, -0.2) is 29.9 Å². The van der Waals surface area contributed by atoms with Gasteiger partial charge in [0, 0.05) is 29.4 Å². The van der Waals surface area contributed by atoms with Crippen LogP contribution in [-0.2, 0) is 4.79 Å². The quantitative estimate of drug-likeness (QED) is 0.866. The van der Waals surface area contributed by atoms with Crippen LogP contribution in [0.25, 0.3) is 0 Å². The van der Waals surface area contributed by atoms with Gasteiger partial charge in [-0.1, -0.05) is 11.6 Å². The molecular formula is C14H16ClNO3. The molecule has 19 heavy (non-hydrogen) atoms. The summed E-state index contributed by atoms with van der Waals surface area (Å²) in [5.41, 5.74) is 1.48. The van der Waals surface area contributed by atoms with Crippen LogP contribution in [0.5, 0.6) is 0 Å². The van der Waals surface area contributed by atoms with E-state index in [1.165, 1.54) is 6.92 Å². The maximum Gasteiger partial charge on any atom is 0.306 e. The maximum atomic E-state index is 11.4. The Labute approximate surface area is 117 Å². The Morgan fingerprint density at radius 3 is 2.42 bits per heavy atom.